The molecule has 2 aromatic rings. The van der Waals surface area contributed by atoms with Gasteiger partial charge in [-0.05, 0) is 55.3 Å². The van der Waals surface area contributed by atoms with Gasteiger partial charge >= 0.3 is 0 Å². The number of halogens is 3. The van der Waals surface area contributed by atoms with E-state index >= 15 is 0 Å². The summed E-state index contributed by atoms with van der Waals surface area (Å²) < 4.78 is 38.3. The molecule has 1 aliphatic heterocycles. The molecule has 3 atom stereocenters. The van der Waals surface area contributed by atoms with Crippen LogP contribution in [-0.4, -0.2) is 20.7 Å². The van der Waals surface area contributed by atoms with Gasteiger partial charge in [-0.3, -0.25) is 9.20 Å². The van der Waals surface area contributed by atoms with Crippen LogP contribution in [0.3, 0.4) is 0 Å². The van der Waals surface area contributed by atoms with Gasteiger partial charge in [0, 0.05) is 11.9 Å². The fraction of sp³-hybridized carbons (Fsp3) is 0.235. The Morgan fingerprint density at radius 2 is 1.96 bits per heavy atom. The minimum atomic E-state index is -1.35. The summed E-state index contributed by atoms with van der Waals surface area (Å²) in [4.78, 5) is 4.29. The second kappa shape index (κ2) is 6.61. The number of nitrogens with zero attached hydrogens (tertiary/aromatic N) is 1. The second-order valence-electron chi connectivity index (χ2n) is 5.82. The summed E-state index contributed by atoms with van der Waals surface area (Å²) in [5.41, 5.74) is 0.809. The Bertz CT molecular complexity index is 813. The Hall–Kier alpha value is -1.79. The Balaban J connectivity index is 1.73. The molecule has 0 amide bonds. The highest BCUT2D eigenvalue weighted by molar-refractivity contribution is 7.88. The van der Waals surface area contributed by atoms with E-state index in [9.17, 15) is 13.0 Å². The van der Waals surface area contributed by atoms with Crippen LogP contribution >= 0.6 is 11.6 Å². The molecule has 7 heteroatoms. The minimum absolute atomic E-state index is 0.0396. The summed E-state index contributed by atoms with van der Waals surface area (Å²) in [5.74, 6) is -0.822. The van der Waals surface area contributed by atoms with E-state index in [-0.39, 0.29) is 10.8 Å². The average molecular weight is 369 g/mol. The van der Waals surface area contributed by atoms with E-state index in [1.807, 2.05) is 6.92 Å². The zero-order valence-corrected chi connectivity index (χ0v) is 14.4. The van der Waals surface area contributed by atoms with E-state index in [0.717, 1.165) is 5.56 Å². The topological polar surface area (TPSA) is 41.5 Å². The monoisotopic (exact) mass is 368 g/mol. The lowest BCUT2D eigenvalue weighted by Crippen LogP contribution is -2.36. The SMILES string of the molecule is CC1(Cc2ccc(F)c(Cl)c2)C=NC(Nc2ccc(F)cc2)S1=O. The predicted octanol–water partition coefficient (Wildman–Crippen LogP) is 4.15. The first-order valence-electron chi connectivity index (χ1n) is 7.28. The normalized spacial score (nSPS) is 25.8. The Morgan fingerprint density at radius 3 is 2.62 bits per heavy atom. The van der Waals surface area contributed by atoms with E-state index in [2.05, 4.69) is 10.3 Å². The third kappa shape index (κ3) is 3.49. The molecule has 1 N–H and O–H groups in total. The maximum atomic E-state index is 13.3. The lowest BCUT2D eigenvalue weighted by Gasteiger charge is -2.22. The zero-order chi connectivity index (χ0) is 17.3. The van der Waals surface area contributed by atoms with Gasteiger partial charge in [-0.15, -0.1) is 0 Å². The predicted molar refractivity (Wildman–Crippen MR) is 94.0 cm³/mol. The number of hydrogen-bond donors (Lipinski definition) is 1. The molecule has 0 spiro atoms. The molecule has 0 aliphatic carbocycles. The average Bonchev–Trinajstić information content (AvgIpc) is 2.82. The first kappa shape index (κ1) is 17.0. The number of anilines is 1. The fourth-order valence-corrected chi connectivity index (χ4v) is 4.14. The minimum Gasteiger partial charge on any atom is -0.353 e. The van der Waals surface area contributed by atoms with Gasteiger partial charge in [0.2, 0.25) is 0 Å². The molecule has 0 fully saturated rings. The van der Waals surface area contributed by atoms with Crippen molar-refractivity contribution in [2.45, 2.75) is 23.6 Å². The van der Waals surface area contributed by atoms with E-state index in [1.54, 1.807) is 24.4 Å². The largest absolute Gasteiger partial charge is 0.353 e. The molecule has 3 rings (SSSR count). The Kier molecular flexibility index (Phi) is 4.69. The van der Waals surface area contributed by atoms with Crippen LogP contribution in [0.15, 0.2) is 47.5 Å². The molecule has 2 aromatic carbocycles. The molecule has 126 valence electrons. The molecule has 0 radical (unpaired) electrons. The van der Waals surface area contributed by atoms with Crippen molar-refractivity contribution in [3.63, 3.8) is 0 Å². The van der Waals surface area contributed by atoms with Crippen LogP contribution < -0.4 is 5.32 Å². The maximum Gasteiger partial charge on any atom is 0.195 e. The van der Waals surface area contributed by atoms with Crippen molar-refractivity contribution in [3.05, 3.63) is 64.7 Å². The van der Waals surface area contributed by atoms with Crippen molar-refractivity contribution in [2.24, 2.45) is 4.99 Å². The van der Waals surface area contributed by atoms with Gasteiger partial charge in [-0.2, -0.15) is 0 Å². The molecule has 0 saturated heterocycles. The standard InChI is InChI=1S/C17H15ClF2N2OS/c1-17(9-11-2-7-15(20)14(18)8-11)10-21-16(24(17)23)22-13-5-3-12(19)4-6-13/h2-8,10,16,22H,9H2,1H3. The van der Waals surface area contributed by atoms with Crippen LogP contribution in [0.25, 0.3) is 0 Å². The van der Waals surface area contributed by atoms with Gasteiger partial charge in [-0.25, -0.2) is 8.78 Å². The van der Waals surface area contributed by atoms with Crippen molar-refractivity contribution >= 4 is 34.3 Å². The van der Waals surface area contributed by atoms with Crippen LogP contribution in [0.5, 0.6) is 0 Å². The number of hydrogen-bond acceptors (Lipinski definition) is 3. The lowest BCUT2D eigenvalue weighted by atomic mass is 10.0. The highest BCUT2D eigenvalue weighted by Gasteiger charge is 2.40. The molecule has 1 aliphatic rings. The fourth-order valence-electron chi connectivity index (χ4n) is 2.54. The Labute approximate surface area is 146 Å². The first-order valence-corrected chi connectivity index (χ1v) is 8.87. The molecule has 3 unspecified atom stereocenters. The van der Waals surface area contributed by atoms with Crippen LogP contribution in [0, 0.1) is 11.6 Å². The second-order valence-corrected chi connectivity index (χ2v) is 8.20. The summed E-state index contributed by atoms with van der Waals surface area (Å²) >= 11 is 5.80. The molecule has 0 bridgehead atoms. The van der Waals surface area contributed by atoms with E-state index in [4.69, 9.17) is 11.6 Å². The number of nitrogens with one attached hydrogen (secondary N) is 1. The van der Waals surface area contributed by atoms with Crippen molar-refractivity contribution < 1.29 is 13.0 Å². The summed E-state index contributed by atoms with van der Waals surface area (Å²) in [6.45, 7) is 1.83. The molecule has 0 saturated carbocycles. The molecule has 1 heterocycles. The summed E-state index contributed by atoms with van der Waals surface area (Å²) in [6.07, 6.45) is 2.08. The van der Waals surface area contributed by atoms with Gasteiger partial charge in [0.05, 0.1) is 20.6 Å². The highest BCUT2D eigenvalue weighted by atomic mass is 35.5. The van der Waals surface area contributed by atoms with Crippen molar-refractivity contribution in [1.82, 2.24) is 0 Å². The number of aliphatic imine (C=N–C) groups is 1. The summed E-state index contributed by atoms with van der Waals surface area (Å²) in [5, 5.41) is 3.07. The number of rotatable bonds is 4. The quantitative estimate of drug-likeness (QED) is 0.880. The van der Waals surface area contributed by atoms with Gasteiger partial charge in [-0.1, -0.05) is 17.7 Å². The summed E-state index contributed by atoms with van der Waals surface area (Å²) in [7, 11) is -1.35. The van der Waals surface area contributed by atoms with E-state index in [0.29, 0.717) is 12.1 Å². The van der Waals surface area contributed by atoms with Gasteiger partial charge in [0.15, 0.2) is 5.50 Å². The van der Waals surface area contributed by atoms with Crippen LogP contribution in [0.2, 0.25) is 5.02 Å². The van der Waals surface area contributed by atoms with Crippen LogP contribution in [0.4, 0.5) is 14.5 Å². The van der Waals surface area contributed by atoms with Crippen molar-refractivity contribution in [1.29, 1.82) is 0 Å². The highest BCUT2D eigenvalue weighted by Crippen LogP contribution is 2.29. The van der Waals surface area contributed by atoms with E-state index < -0.39 is 26.9 Å². The maximum absolute atomic E-state index is 13.3. The molecular formula is C17H15ClF2N2OS. The smallest absolute Gasteiger partial charge is 0.195 e. The van der Waals surface area contributed by atoms with Gasteiger partial charge in [0.1, 0.15) is 11.6 Å². The Morgan fingerprint density at radius 1 is 1.25 bits per heavy atom. The third-order valence-corrected chi connectivity index (χ3v) is 5.92. The van der Waals surface area contributed by atoms with Crippen LogP contribution in [-0.2, 0) is 17.2 Å². The van der Waals surface area contributed by atoms with Crippen molar-refractivity contribution in [2.75, 3.05) is 5.32 Å². The number of benzene rings is 2. The third-order valence-electron chi connectivity index (χ3n) is 3.82. The van der Waals surface area contributed by atoms with Gasteiger partial charge < -0.3 is 5.32 Å². The van der Waals surface area contributed by atoms with Crippen LogP contribution in [0.1, 0.15) is 12.5 Å². The molecule has 0 aromatic heterocycles. The zero-order valence-electron chi connectivity index (χ0n) is 12.8. The van der Waals surface area contributed by atoms with Crippen molar-refractivity contribution in [3.8, 4) is 0 Å². The lowest BCUT2D eigenvalue weighted by molar-refractivity contribution is 0.626. The first-order chi connectivity index (χ1) is 11.4. The molecule has 24 heavy (non-hydrogen) atoms. The molecule has 3 nitrogen and oxygen atoms in total. The summed E-state index contributed by atoms with van der Waals surface area (Å²) in [6, 6.07) is 10.2. The van der Waals surface area contributed by atoms with E-state index in [1.165, 1.54) is 24.3 Å². The van der Waals surface area contributed by atoms with Gasteiger partial charge in [0.25, 0.3) is 0 Å². The molecular weight excluding hydrogens is 354 g/mol.